The minimum atomic E-state index is -4.00. The maximum absolute atomic E-state index is 12.4. The van der Waals surface area contributed by atoms with Crippen LogP contribution in [0.15, 0.2) is 53.4 Å². The highest BCUT2D eigenvalue weighted by Gasteiger charge is 2.18. The number of hydrogen-bond acceptors (Lipinski definition) is 6. The Morgan fingerprint density at radius 3 is 2.48 bits per heavy atom. The molecule has 2 aromatic rings. The van der Waals surface area contributed by atoms with E-state index in [-0.39, 0.29) is 28.3 Å². The van der Waals surface area contributed by atoms with Crippen LogP contribution < -0.4 is 10.0 Å². The summed E-state index contributed by atoms with van der Waals surface area (Å²) in [7, 11) is -4.00. The van der Waals surface area contributed by atoms with Gasteiger partial charge in [0.05, 0.1) is 15.9 Å². The van der Waals surface area contributed by atoms with Gasteiger partial charge in [-0.2, -0.15) is 0 Å². The first kappa shape index (κ1) is 22.3. The highest BCUT2D eigenvalue weighted by molar-refractivity contribution is 7.92. The van der Waals surface area contributed by atoms with Crippen LogP contribution in [0.3, 0.4) is 0 Å². The maximum Gasteiger partial charge on any atom is 0.270 e. The average molecular weight is 421 g/mol. The van der Waals surface area contributed by atoms with E-state index in [2.05, 4.69) is 10.0 Å². The van der Waals surface area contributed by atoms with Crippen molar-refractivity contribution in [1.29, 1.82) is 0 Å². The molecule has 2 rings (SSSR count). The normalized spacial score (nSPS) is 11.3. The number of anilines is 1. The van der Waals surface area contributed by atoms with Crippen molar-refractivity contribution in [1.82, 2.24) is 5.32 Å². The first-order valence-electron chi connectivity index (χ1n) is 8.96. The van der Waals surface area contributed by atoms with E-state index in [4.69, 9.17) is 4.74 Å². The summed E-state index contributed by atoms with van der Waals surface area (Å²) in [4.78, 5) is 22.0. The quantitative estimate of drug-likeness (QED) is 0.345. The van der Waals surface area contributed by atoms with Crippen molar-refractivity contribution >= 4 is 27.3 Å². The zero-order chi connectivity index (χ0) is 21.4. The van der Waals surface area contributed by atoms with Gasteiger partial charge in [-0.1, -0.05) is 6.07 Å². The first-order valence-corrected chi connectivity index (χ1v) is 10.4. The second-order valence-electron chi connectivity index (χ2n) is 6.47. The molecule has 29 heavy (non-hydrogen) atoms. The van der Waals surface area contributed by atoms with E-state index in [1.165, 1.54) is 42.5 Å². The summed E-state index contributed by atoms with van der Waals surface area (Å²) in [5.41, 5.74) is 0.296. The molecule has 0 atom stereocenters. The number of nitro groups is 1. The Morgan fingerprint density at radius 2 is 1.86 bits per heavy atom. The molecule has 0 saturated heterocycles. The smallest absolute Gasteiger partial charge is 0.270 e. The van der Waals surface area contributed by atoms with E-state index in [0.717, 1.165) is 6.07 Å². The standard InChI is InChI=1S/C19H23N3O6S/c1-14(2)28-12-4-11-20-19(23)15-7-9-16(10-8-15)21-29(26,27)18-6-3-5-17(13-18)22(24)25/h3,5-10,13-14,21H,4,11-12H2,1-2H3,(H,20,23). The number of sulfonamides is 1. The van der Waals surface area contributed by atoms with E-state index >= 15 is 0 Å². The number of nitro benzene ring substituents is 1. The highest BCUT2D eigenvalue weighted by Crippen LogP contribution is 2.20. The average Bonchev–Trinajstić information content (AvgIpc) is 2.67. The third kappa shape index (κ3) is 6.84. The van der Waals surface area contributed by atoms with Gasteiger partial charge in [0.1, 0.15) is 0 Å². The number of hydrogen-bond donors (Lipinski definition) is 2. The Balaban J connectivity index is 1.97. The van der Waals surface area contributed by atoms with Crippen LogP contribution in [0.4, 0.5) is 11.4 Å². The lowest BCUT2D eigenvalue weighted by molar-refractivity contribution is -0.385. The van der Waals surface area contributed by atoms with Gasteiger partial charge in [0.2, 0.25) is 0 Å². The molecule has 0 bridgehead atoms. The van der Waals surface area contributed by atoms with E-state index in [0.29, 0.717) is 25.1 Å². The van der Waals surface area contributed by atoms with Crippen LogP contribution in [0.1, 0.15) is 30.6 Å². The third-order valence-corrected chi connectivity index (χ3v) is 5.17. The number of amides is 1. The van der Waals surface area contributed by atoms with E-state index < -0.39 is 14.9 Å². The highest BCUT2D eigenvalue weighted by atomic mass is 32.2. The lowest BCUT2D eigenvalue weighted by Crippen LogP contribution is -2.25. The van der Waals surface area contributed by atoms with Gasteiger partial charge in [0, 0.05) is 36.5 Å². The van der Waals surface area contributed by atoms with Gasteiger partial charge in [-0.3, -0.25) is 19.6 Å². The molecular formula is C19H23N3O6S. The Morgan fingerprint density at radius 1 is 1.17 bits per heavy atom. The van der Waals surface area contributed by atoms with Crippen molar-refractivity contribution in [3.05, 3.63) is 64.2 Å². The van der Waals surface area contributed by atoms with Gasteiger partial charge in [0.25, 0.3) is 21.6 Å². The number of nitrogens with one attached hydrogen (secondary N) is 2. The lowest BCUT2D eigenvalue weighted by Gasteiger charge is -2.10. The predicted molar refractivity (Wildman–Crippen MR) is 108 cm³/mol. The Labute approximate surface area is 169 Å². The summed E-state index contributed by atoms with van der Waals surface area (Å²) in [6.07, 6.45) is 0.828. The monoisotopic (exact) mass is 421 g/mol. The predicted octanol–water partition coefficient (Wildman–Crippen LogP) is 2.94. The van der Waals surface area contributed by atoms with Gasteiger partial charge in [-0.15, -0.1) is 0 Å². The maximum atomic E-state index is 12.4. The van der Waals surface area contributed by atoms with Gasteiger partial charge in [0.15, 0.2) is 0 Å². The lowest BCUT2D eigenvalue weighted by atomic mass is 10.2. The van der Waals surface area contributed by atoms with Crippen molar-refractivity contribution in [2.75, 3.05) is 17.9 Å². The Hall–Kier alpha value is -2.98. The summed E-state index contributed by atoms with van der Waals surface area (Å²) < 4.78 is 32.6. The fraction of sp³-hybridized carbons (Fsp3) is 0.316. The number of carbonyl (C=O) groups excluding carboxylic acids is 1. The molecule has 10 heteroatoms. The number of non-ortho nitro benzene ring substituents is 1. The Bertz CT molecular complexity index is 958. The molecule has 1 amide bonds. The zero-order valence-electron chi connectivity index (χ0n) is 16.1. The molecule has 0 aromatic heterocycles. The fourth-order valence-corrected chi connectivity index (χ4v) is 3.46. The molecule has 2 N–H and O–H groups in total. The van der Waals surface area contributed by atoms with Crippen LogP contribution in [0.2, 0.25) is 0 Å². The van der Waals surface area contributed by atoms with Crippen molar-refractivity contribution in [2.24, 2.45) is 0 Å². The molecule has 0 unspecified atom stereocenters. The molecule has 0 fully saturated rings. The van der Waals surface area contributed by atoms with Crippen molar-refractivity contribution < 1.29 is 22.9 Å². The van der Waals surface area contributed by atoms with Crippen LogP contribution in [0, 0.1) is 10.1 Å². The van der Waals surface area contributed by atoms with Crippen molar-refractivity contribution in [3.63, 3.8) is 0 Å². The summed E-state index contributed by atoms with van der Waals surface area (Å²) in [5.74, 6) is -0.275. The topological polar surface area (TPSA) is 128 Å². The largest absolute Gasteiger partial charge is 0.379 e. The molecular weight excluding hydrogens is 398 g/mol. The number of rotatable bonds is 10. The summed E-state index contributed by atoms with van der Waals surface area (Å²) in [6, 6.07) is 10.6. The van der Waals surface area contributed by atoms with Crippen LogP contribution in [0.25, 0.3) is 0 Å². The van der Waals surface area contributed by atoms with Crippen molar-refractivity contribution in [3.8, 4) is 0 Å². The van der Waals surface area contributed by atoms with Crippen molar-refractivity contribution in [2.45, 2.75) is 31.3 Å². The van der Waals surface area contributed by atoms with Crippen LogP contribution >= 0.6 is 0 Å². The molecule has 0 aliphatic heterocycles. The van der Waals surface area contributed by atoms with Crippen LogP contribution in [0.5, 0.6) is 0 Å². The summed E-state index contributed by atoms with van der Waals surface area (Å²) in [6.45, 7) is 4.89. The number of nitrogens with zero attached hydrogens (tertiary/aromatic N) is 1. The molecule has 0 spiro atoms. The molecule has 9 nitrogen and oxygen atoms in total. The molecule has 156 valence electrons. The Kier molecular flexibility index (Phi) is 7.68. The summed E-state index contributed by atoms with van der Waals surface area (Å²) >= 11 is 0. The van der Waals surface area contributed by atoms with Gasteiger partial charge in [-0.25, -0.2) is 8.42 Å². The molecule has 0 aliphatic rings. The second kappa shape index (κ2) is 9.99. The molecule has 0 saturated carbocycles. The van der Waals surface area contributed by atoms with Gasteiger partial charge >= 0.3 is 0 Å². The number of carbonyl (C=O) groups is 1. The van der Waals surface area contributed by atoms with Gasteiger partial charge in [-0.05, 0) is 50.6 Å². The van der Waals surface area contributed by atoms with E-state index in [1.807, 2.05) is 13.8 Å². The van der Waals surface area contributed by atoms with E-state index in [1.54, 1.807) is 0 Å². The zero-order valence-corrected chi connectivity index (χ0v) is 16.9. The number of ether oxygens (including phenoxy) is 1. The minimum Gasteiger partial charge on any atom is -0.379 e. The first-order chi connectivity index (χ1) is 13.7. The van der Waals surface area contributed by atoms with Gasteiger partial charge < -0.3 is 10.1 Å². The summed E-state index contributed by atoms with van der Waals surface area (Å²) in [5, 5.41) is 13.6. The van der Waals surface area contributed by atoms with E-state index in [9.17, 15) is 23.3 Å². The molecule has 0 aliphatic carbocycles. The van der Waals surface area contributed by atoms with Crippen LogP contribution in [-0.2, 0) is 14.8 Å². The molecule has 0 radical (unpaired) electrons. The molecule has 2 aromatic carbocycles. The fourth-order valence-electron chi connectivity index (χ4n) is 2.36. The third-order valence-electron chi connectivity index (χ3n) is 3.80. The second-order valence-corrected chi connectivity index (χ2v) is 8.15. The number of benzene rings is 2. The minimum absolute atomic E-state index is 0.143. The molecule has 0 heterocycles. The SMILES string of the molecule is CC(C)OCCCNC(=O)c1ccc(NS(=O)(=O)c2cccc([N+](=O)[O-])c2)cc1. The van der Waals surface area contributed by atoms with Crippen LogP contribution in [-0.4, -0.2) is 38.5 Å².